The Hall–Kier alpha value is -3.32. The number of hydrogen-bond donors (Lipinski definition) is 0. The summed E-state index contributed by atoms with van der Waals surface area (Å²) in [5.41, 5.74) is 2.62. The summed E-state index contributed by atoms with van der Waals surface area (Å²) < 4.78 is 7.14. The molecule has 0 saturated carbocycles. The molecule has 6 nitrogen and oxygen atoms in total. The third kappa shape index (κ3) is 3.34. The van der Waals surface area contributed by atoms with Crippen LogP contribution in [-0.4, -0.2) is 20.5 Å². The molecule has 0 aliphatic carbocycles. The molecule has 0 N–H and O–H groups in total. The second-order valence-corrected chi connectivity index (χ2v) is 7.76. The fourth-order valence-corrected chi connectivity index (χ4v) is 4.33. The van der Waals surface area contributed by atoms with E-state index in [-0.39, 0.29) is 12.2 Å². The van der Waals surface area contributed by atoms with E-state index in [1.54, 1.807) is 22.8 Å². The molecule has 0 bridgehead atoms. The van der Waals surface area contributed by atoms with Crippen molar-refractivity contribution in [1.29, 1.82) is 0 Å². The molecule has 0 fully saturated rings. The summed E-state index contributed by atoms with van der Waals surface area (Å²) in [5.74, 6) is 0.326. The summed E-state index contributed by atoms with van der Waals surface area (Å²) in [7, 11) is 0. The molecule has 1 aliphatic rings. The zero-order valence-electron chi connectivity index (χ0n) is 15.5. The normalized spacial score (nSPS) is 12.8. The maximum atomic E-state index is 12.5. The van der Waals surface area contributed by atoms with E-state index in [2.05, 4.69) is 9.97 Å². The van der Waals surface area contributed by atoms with Gasteiger partial charge < -0.3 is 4.74 Å². The lowest BCUT2D eigenvalue weighted by Crippen LogP contribution is -2.21. The van der Waals surface area contributed by atoms with Gasteiger partial charge in [-0.3, -0.25) is 9.36 Å². The molecule has 0 atom stereocenters. The molecule has 0 unspecified atom stereocenters. The van der Waals surface area contributed by atoms with Crippen LogP contribution >= 0.6 is 11.3 Å². The Labute approximate surface area is 170 Å². The maximum Gasteiger partial charge on any atom is 0.338 e. The molecule has 3 heterocycles. The van der Waals surface area contributed by atoms with Crippen molar-refractivity contribution in [2.24, 2.45) is 0 Å². The second-order valence-electron chi connectivity index (χ2n) is 6.91. The van der Waals surface area contributed by atoms with Crippen molar-refractivity contribution >= 4 is 28.2 Å². The Morgan fingerprint density at radius 1 is 1.14 bits per heavy atom. The van der Waals surface area contributed by atoms with Crippen LogP contribution in [0.1, 0.15) is 28.3 Å². The van der Waals surface area contributed by atoms with Gasteiger partial charge >= 0.3 is 5.97 Å². The van der Waals surface area contributed by atoms with Gasteiger partial charge in [0, 0.05) is 23.9 Å². The van der Waals surface area contributed by atoms with Crippen molar-refractivity contribution in [2.45, 2.75) is 26.0 Å². The highest BCUT2D eigenvalue weighted by Gasteiger charge is 2.17. The number of aryl methyl sites for hydroxylation is 1. The van der Waals surface area contributed by atoms with Crippen LogP contribution in [-0.2, 0) is 24.3 Å². The van der Waals surface area contributed by atoms with Crippen molar-refractivity contribution in [2.75, 3.05) is 0 Å². The molecular weight excluding hydrogens is 386 g/mol. The Morgan fingerprint density at radius 2 is 2.00 bits per heavy atom. The van der Waals surface area contributed by atoms with Gasteiger partial charge in [-0.25, -0.2) is 14.8 Å². The molecule has 1 aliphatic heterocycles. The van der Waals surface area contributed by atoms with Gasteiger partial charge in [0.2, 0.25) is 0 Å². The number of thiazole rings is 1. The zero-order chi connectivity index (χ0) is 19.8. The highest BCUT2D eigenvalue weighted by molar-refractivity contribution is 7.13. The lowest BCUT2D eigenvalue weighted by atomic mass is 10.1. The number of benzene rings is 2. The van der Waals surface area contributed by atoms with Gasteiger partial charge in [0.15, 0.2) is 0 Å². The monoisotopic (exact) mass is 403 g/mol. The molecular formula is C22H17N3O3S. The number of rotatable bonds is 4. The van der Waals surface area contributed by atoms with E-state index in [1.807, 2.05) is 35.7 Å². The van der Waals surface area contributed by atoms with Crippen LogP contribution in [0.5, 0.6) is 0 Å². The molecule has 5 rings (SSSR count). The van der Waals surface area contributed by atoms with Crippen molar-refractivity contribution in [3.05, 3.63) is 81.3 Å². The van der Waals surface area contributed by atoms with Crippen LogP contribution in [0.15, 0.2) is 58.7 Å². The largest absolute Gasteiger partial charge is 0.456 e. The molecule has 7 heteroatoms. The average molecular weight is 403 g/mol. The van der Waals surface area contributed by atoms with E-state index in [0.29, 0.717) is 28.7 Å². The van der Waals surface area contributed by atoms with E-state index >= 15 is 0 Å². The topological polar surface area (TPSA) is 74.1 Å². The fourth-order valence-electron chi connectivity index (χ4n) is 3.52. The summed E-state index contributed by atoms with van der Waals surface area (Å²) in [4.78, 5) is 34.1. The number of aromatic nitrogens is 3. The number of carbonyl (C=O) groups excluding carboxylic acids is 1. The van der Waals surface area contributed by atoms with Gasteiger partial charge in [-0.15, -0.1) is 11.3 Å². The number of esters is 1. The Bertz CT molecular complexity index is 1280. The van der Waals surface area contributed by atoms with E-state index in [0.717, 1.165) is 29.2 Å². The molecule has 29 heavy (non-hydrogen) atoms. The summed E-state index contributed by atoms with van der Waals surface area (Å²) in [6, 6.07) is 14.8. The van der Waals surface area contributed by atoms with Crippen LogP contribution < -0.4 is 5.56 Å². The first-order valence-electron chi connectivity index (χ1n) is 9.39. The van der Waals surface area contributed by atoms with Crippen LogP contribution in [0.2, 0.25) is 0 Å². The minimum absolute atomic E-state index is 0.0432. The van der Waals surface area contributed by atoms with E-state index < -0.39 is 5.97 Å². The molecule has 0 amide bonds. The number of ether oxygens (including phenoxy) is 1. The molecule has 0 spiro atoms. The highest BCUT2D eigenvalue weighted by Crippen LogP contribution is 2.24. The first-order chi connectivity index (χ1) is 14.2. The van der Waals surface area contributed by atoms with Gasteiger partial charge in [-0.2, -0.15) is 0 Å². The number of fused-ring (bicyclic) bond motifs is 2. The van der Waals surface area contributed by atoms with Crippen LogP contribution in [0.4, 0.5) is 0 Å². The average Bonchev–Trinajstić information content (AvgIpc) is 3.42. The molecule has 144 valence electrons. The molecule has 0 saturated heterocycles. The van der Waals surface area contributed by atoms with Crippen LogP contribution in [0, 0.1) is 0 Å². The minimum Gasteiger partial charge on any atom is -0.456 e. The molecule has 2 aromatic carbocycles. The SMILES string of the molecule is O=C(OCc1csc(-c2ccccc2)n1)c1ccc2c(=O)n3c(nc2c1)CCC3. The van der Waals surface area contributed by atoms with Gasteiger partial charge in [-0.05, 0) is 24.6 Å². The Balaban J connectivity index is 1.34. The first-order valence-corrected chi connectivity index (χ1v) is 10.3. The predicted octanol–water partition coefficient (Wildman–Crippen LogP) is 3.82. The lowest BCUT2D eigenvalue weighted by molar-refractivity contribution is 0.0468. The number of nitrogens with zero attached hydrogens (tertiary/aromatic N) is 3. The van der Waals surface area contributed by atoms with Crippen molar-refractivity contribution in [3.63, 3.8) is 0 Å². The summed E-state index contributed by atoms with van der Waals surface area (Å²) in [6.45, 7) is 0.806. The number of hydrogen-bond acceptors (Lipinski definition) is 6. The third-order valence-electron chi connectivity index (χ3n) is 4.98. The number of carbonyl (C=O) groups is 1. The molecule has 4 aromatic rings. The Morgan fingerprint density at radius 3 is 2.86 bits per heavy atom. The predicted molar refractivity (Wildman–Crippen MR) is 111 cm³/mol. The fraction of sp³-hybridized carbons (Fsp3) is 0.182. The second kappa shape index (κ2) is 7.25. The highest BCUT2D eigenvalue weighted by atomic mass is 32.1. The van der Waals surface area contributed by atoms with Crippen LogP contribution in [0.25, 0.3) is 21.5 Å². The van der Waals surface area contributed by atoms with Crippen molar-refractivity contribution in [1.82, 2.24) is 14.5 Å². The molecule has 2 aromatic heterocycles. The standard InChI is InChI=1S/C22H17N3O3S/c26-21-17-9-8-15(11-18(17)24-19-7-4-10-25(19)21)22(27)28-12-16-13-29-20(23-16)14-5-2-1-3-6-14/h1-3,5-6,8-9,11,13H,4,7,10,12H2. The third-order valence-corrected chi connectivity index (χ3v) is 5.92. The quantitative estimate of drug-likeness (QED) is 0.484. The van der Waals surface area contributed by atoms with Gasteiger partial charge in [-0.1, -0.05) is 30.3 Å². The maximum absolute atomic E-state index is 12.5. The van der Waals surface area contributed by atoms with Gasteiger partial charge in [0.05, 0.1) is 22.2 Å². The smallest absolute Gasteiger partial charge is 0.338 e. The van der Waals surface area contributed by atoms with E-state index in [1.165, 1.54) is 11.3 Å². The van der Waals surface area contributed by atoms with E-state index in [4.69, 9.17) is 4.74 Å². The van der Waals surface area contributed by atoms with Crippen LogP contribution in [0.3, 0.4) is 0 Å². The lowest BCUT2D eigenvalue weighted by Gasteiger charge is -2.07. The first kappa shape index (κ1) is 17.8. The van der Waals surface area contributed by atoms with E-state index in [9.17, 15) is 9.59 Å². The Kier molecular flexibility index (Phi) is 4.44. The summed E-state index contributed by atoms with van der Waals surface area (Å²) >= 11 is 1.52. The van der Waals surface area contributed by atoms with Gasteiger partial charge in [0.25, 0.3) is 5.56 Å². The zero-order valence-corrected chi connectivity index (χ0v) is 16.3. The van der Waals surface area contributed by atoms with Gasteiger partial charge in [0.1, 0.15) is 17.4 Å². The summed E-state index contributed by atoms with van der Waals surface area (Å²) in [5, 5.41) is 3.31. The molecule has 0 radical (unpaired) electrons. The minimum atomic E-state index is -0.455. The summed E-state index contributed by atoms with van der Waals surface area (Å²) in [6.07, 6.45) is 1.71. The van der Waals surface area contributed by atoms with Crippen molar-refractivity contribution < 1.29 is 9.53 Å². The van der Waals surface area contributed by atoms with Crippen molar-refractivity contribution in [3.8, 4) is 10.6 Å².